The lowest BCUT2D eigenvalue weighted by molar-refractivity contribution is 0.405. The summed E-state index contributed by atoms with van der Waals surface area (Å²) in [4.78, 5) is 2.33. The first-order chi connectivity index (χ1) is 12.3. The number of thiocarbonyl (C=S) groups is 1. The Balaban J connectivity index is 2.08. The molecule has 0 unspecified atom stereocenters. The van der Waals surface area contributed by atoms with Crippen molar-refractivity contribution in [3.05, 3.63) is 47.0 Å². The molecule has 7 nitrogen and oxygen atoms in total. The minimum absolute atomic E-state index is 0.0170. The predicted molar refractivity (Wildman–Crippen MR) is 105 cm³/mol. The zero-order valence-electron chi connectivity index (χ0n) is 14.3. The molecule has 26 heavy (non-hydrogen) atoms. The van der Waals surface area contributed by atoms with Gasteiger partial charge in [-0.2, -0.15) is 0 Å². The third-order valence-electron chi connectivity index (χ3n) is 3.35. The fourth-order valence-electron chi connectivity index (χ4n) is 2.00. The van der Waals surface area contributed by atoms with E-state index >= 15 is 0 Å². The SMILES string of the molecule is COc1cc(NC(=S)NNS(=O)(=O)c2ccc(C)cc2)c(OC)cc1Cl. The van der Waals surface area contributed by atoms with Gasteiger partial charge >= 0.3 is 0 Å². The molecular weight excluding hydrogens is 398 g/mol. The molecule has 0 heterocycles. The van der Waals surface area contributed by atoms with Crippen molar-refractivity contribution in [2.45, 2.75) is 11.8 Å². The molecule has 0 saturated carbocycles. The molecule has 0 aliphatic heterocycles. The van der Waals surface area contributed by atoms with Crippen LogP contribution in [0.15, 0.2) is 41.3 Å². The van der Waals surface area contributed by atoms with Gasteiger partial charge in [0.25, 0.3) is 10.0 Å². The highest BCUT2D eigenvalue weighted by molar-refractivity contribution is 7.89. The molecule has 0 fully saturated rings. The van der Waals surface area contributed by atoms with Gasteiger partial charge in [0, 0.05) is 12.1 Å². The van der Waals surface area contributed by atoms with Crippen LogP contribution >= 0.6 is 23.8 Å². The van der Waals surface area contributed by atoms with E-state index in [4.69, 9.17) is 33.3 Å². The standard InChI is InChI=1S/C16H18ClN3O4S2/c1-10-4-6-11(7-5-10)26(21,22)20-19-16(25)18-13-9-14(23-2)12(17)8-15(13)24-3/h4-9,20H,1-3H3,(H2,18,19,25). The van der Waals surface area contributed by atoms with Gasteiger partial charge in [0.05, 0.1) is 29.8 Å². The first-order valence-corrected chi connectivity index (χ1v) is 9.60. The number of halogens is 1. The minimum atomic E-state index is -3.77. The van der Waals surface area contributed by atoms with Gasteiger partial charge < -0.3 is 14.8 Å². The monoisotopic (exact) mass is 415 g/mol. The number of aryl methyl sites for hydroxylation is 1. The van der Waals surface area contributed by atoms with Gasteiger partial charge in [-0.3, -0.25) is 5.43 Å². The molecule has 0 bridgehead atoms. The van der Waals surface area contributed by atoms with E-state index in [1.807, 2.05) is 6.92 Å². The third-order valence-corrected chi connectivity index (χ3v) is 5.12. The highest BCUT2D eigenvalue weighted by Crippen LogP contribution is 2.35. The van der Waals surface area contributed by atoms with Crippen LogP contribution in [0.5, 0.6) is 11.5 Å². The maximum atomic E-state index is 12.2. The molecule has 0 spiro atoms. The van der Waals surface area contributed by atoms with Gasteiger partial charge in [-0.15, -0.1) is 4.83 Å². The molecule has 0 amide bonds. The Labute approximate surface area is 162 Å². The zero-order valence-corrected chi connectivity index (χ0v) is 16.7. The van der Waals surface area contributed by atoms with Crippen LogP contribution in [0.3, 0.4) is 0 Å². The van der Waals surface area contributed by atoms with Crippen LogP contribution in [0, 0.1) is 6.92 Å². The second-order valence-electron chi connectivity index (χ2n) is 5.18. The summed E-state index contributed by atoms with van der Waals surface area (Å²) >= 11 is 11.2. The summed E-state index contributed by atoms with van der Waals surface area (Å²) in [6.07, 6.45) is 0. The molecule has 2 aromatic rings. The molecular formula is C16H18ClN3O4S2. The molecule has 2 rings (SSSR count). The van der Waals surface area contributed by atoms with Gasteiger partial charge in [0.1, 0.15) is 11.5 Å². The van der Waals surface area contributed by atoms with Crippen molar-refractivity contribution in [2.24, 2.45) is 0 Å². The Morgan fingerprint density at radius 3 is 2.27 bits per heavy atom. The number of hydrogen-bond donors (Lipinski definition) is 3. The van der Waals surface area contributed by atoms with E-state index in [1.165, 1.54) is 26.4 Å². The molecule has 0 radical (unpaired) electrons. The molecule has 2 aromatic carbocycles. The second-order valence-corrected chi connectivity index (χ2v) is 7.68. The number of benzene rings is 2. The average Bonchev–Trinajstić information content (AvgIpc) is 2.61. The number of hydrazine groups is 1. The Kier molecular flexibility index (Phi) is 6.65. The van der Waals surface area contributed by atoms with Crippen molar-refractivity contribution in [1.82, 2.24) is 10.3 Å². The van der Waals surface area contributed by atoms with E-state index in [-0.39, 0.29) is 10.0 Å². The van der Waals surface area contributed by atoms with E-state index in [9.17, 15) is 8.42 Å². The molecule has 3 N–H and O–H groups in total. The Morgan fingerprint density at radius 2 is 1.69 bits per heavy atom. The van der Waals surface area contributed by atoms with Crippen LogP contribution in [0.4, 0.5) is 5.69 Å². The van der Waals surface area contributed by atoms with Gasteiger partial charge in [0.2, 0.25) is 0 Å². The first kappa shape index (κ1) is 20.2. The molecule has 0 atom stereocenters. The number of sulfonamides is 1. The van der Waals surface area contributed by atoms with Crippen molar-refractivity contribution in [3.8, 4) is 11.5 Å². The van der Waals surface area contributed by atoms with E-state index in [2.05, 4.69) is 15.6 Å². The third kappa shape index (κ3) is 4.98. The summed E-state index contributed by atoms with van der Waals surface area (Å²) in [5.74, 6) is 0.833. The van der Waals surface area contributed by atoms with Crippen LogP contribution in [-0.2, 0) is 10.0 Å². The van der Waals surface area contributed by atoms with Crippen molar-refractivity contribution in [2.75, 3.05) is 19.5 Å². The number of rotatable bonds is 6. The predicted octanol–water partition coefficient (Wildman–Crippen LogP) is 2.85. The van der Waals surface area contributed by atoms with E-state index < -0.39 is 10.0 Å². The fraction of sp³-hybridized carbons (Fsp3) is 0.188. The van der Waals surface area contributed by atoms with Gasteiger partial charge in [-0.25, -0.2) is 8.42 Å². The summed E-state index contributed by atoms with van der Waals surface area (Å²) in [7, 11) is -0.817. The van der Waals surface area contributed by atoms with Crippen LogP contribution < -0.4 is 25.0 Å². The maximum absolute atomic E-state index is 12.2. The molecule has 0 aliphatic carbocycles. The lowest BCUT2D eigenvalue weighted by Gasteiger charge is -2.16. The Bertz CT molecular complexity index is 902. The lowest BCUT2D eigenvalue weighted by atomic mass is 10.2. The van der Waals surface area contributed by atoms with Gasteiger partial charge in [-0.05, 0) is 31.3 Å². The van der Waals surface area contributed by atoms with Crippen molar-refractivity contribution >= 4 is 44.6 Å². The van der Waals surface area contributed by atoms with Crippen molar-refractivity contribution < 1.29 is 17.9 Å². The smallest absolute Gasteiger partial charge is 0.257 e. The van der Waals surface area contributed by atoms with Gasteiger partial charge in [0.15, 0.2) is 5.11 Å². The topological polar surface area (TPSA) is 88.7 Å². The average molecular weight is 416 g/mol. The summed E-state index contributed by atoms with van der Waals surface area (Å²) in [5, 5.41) is 3.21. The highest BCUT2D eigenvalue weighted by Gasteiger charge is 2.15. The highest BCUT2D eigenvalue weighted by atomic mass is 35.5. The molecule has 10 heteroatoms. The molecule has 140 valence electrons. The maximum Gasteiger partial charge on any atom is 0.257 e. The van der Waals surface area contributed by atoms with Crippen LogP contribution in [0.1, 0.15) is 5.56 Å². The molecule has 0 aliphatic rings. The lowest BCUT2D eigenvalue weighted by Crippen LogP contribution is -2.43. The summed E-state index contributed by atoms with van der Waals surface area (Å²) in [6, 6.07) is 9.56. The number of methoxy groups -OCH3 is 2. The van der Waals surface area contributed by atoms with Crippen molar-refractivity contribution in [3.63, 3.8) is 0 Å². The molecule has 0 saturated heterocycles. The summed E-state index contributed by atoms with van der Waals surface area (Å²) < 4.78 is 34.9. The van der Waals surface area contributed by atoms with Crippen LogP contribution in [0.2, 0.25) is 5.02 Å². The minimum Gasteiger partial charge on any atom is -0.495 e. The summed E-state index contributed by atoms with van der Waals surface area (Å²) in [6.45, 7) is 1.87. The molecule has 0 aromatic heterocycles. The van der Waals surface area contributed by atoms with E-state index in [0.717, 1.165) is 5.56 Å². The normalized spacial score (nSPS) is 10.9. The van der Waals surface area contributed by atoms with Gasteiger partial charge in [-0.1, -0.05) is 29.3 Å². The first-order valence-electron chi connectivity index (χ1n) is 7.34. The van der Waals surface area contributed by atoms with E-state index in [0.29, 0.717) is 22.2 Å². The second kappa shape index (κ2) is 8.54. The Hall–Kier alpha value is -2.07. The largest absolute Gasteiger partial charge is 0.495 e. The van der Waals surface area contributed by atoms with Crippen molar-refractivity contribution in [1.29, 1.82) is 0 Å². The Morgan fingerprint density at radius 1 is 1.08 bits per heavy atom. The number of ether oxygens (including phenoxy) is 2. The number of nitrogens with one attached hydrogen (secondary N) is 3. The summed E-state index contributed by atoms with van der Waals surface area (Å²) in [5.41, 5.74) is 3.86. The quantitative estimate of drug-likeness (QED) is 0.493. The van der Waals surface area contributed by atoms with Crippen LogP contribution in [0.25, 0.3) is 0 Å². The van der Waals surface area contributed by atoms with E-state index in [1.54, 1.807) is 24.3 Å². The van der Waals surface area contributed by atoms with Crippen LogP contribution in [-0.4, -0.2) is 27.7 Å². The number of hydrogen-bond acceptors (Lipinski definition) is 5. The fourth-order valence-corrected chi connectivity index (χ4v) is 3.31. The number of anilines is 1. The zero-order chi connectivity index (χ0) is 19.3.